The zero-order valence-electron chi connectivity index (χ0n) is 7.74. The number of benzene rings is 1. The second-order valence-corrected chi connectivity index (χ2v) is 3.03. The Morgan fingerprint density at radius 2 is 2.23 bits per heavy atom. The molecule has 1 atom stereocenters. The summed E-state index contributed by atoms with van der Waals surface area (Å²) in [5, 5.41) is 8.68. The van der Waals surface area contributed by atoms with Gasteiger partial charge in [0, 0.05) is 5.56 Å². The molecule has 0 aliphatic carbocycles. The Kier molecular flexibility index (Phi) is 2.81. The minimum absolute atomic E-state index is 0.0342. The van der Waals surface area contributed by atoms with Crippen LogP contribution in [0.5, 0.6) is 0 Å². The van der Waals surface area contributed by atoms with Crippen LogP contribution < -0.4 is 0 Å². The van der Waals surface area contributed by atoms with Crippen LogP contribution in [0.25, 0.3) is 0 Å². The van der Waals surface area contributed by atoms with Gasteiger partial charge in [-0.15, -0.1) is 0 Å². The van der Waals surface area contributed by atoms with E-state index in [1.165, 1.54) is 6.92 Å². The third kappa shape index (κ3) is 2.16. The molecular weight excluding hydrogens is 162 g/mol. The molecule has 0 saturated heterocycles. The second-order valence-electron chi connectivity index (χ2n) is 3.03. The first-order valence-corrected chi connectivity index (χ1v) is 4.15. The molecule has 13 heavy (non-hydrogen) atoms. The highest BCUT2D eigenvalue weighted by Gasteiger charge is 2.05. The first-order chi connectivity index (χ1) is 6.15. The first kappa shape index (κ1) is 9.47. The lowest BCUT2D eigenvalue weighted by molar-refractivity contribution is 0.101. The van der Waals surface area contributed by atoms with Crippen LogP contribution in [0.3, 0.4) is 0 Å². The van der Waals surface area contributed by atoms with E-state index < -0.39 is 0 Å². The van der Waals surface area contributed by atoms with Crippen molar-refractivity contribution in [2.45, 2.75) is 19.8 Å². The summed E-state index contributed by atoms with van der Waals surface area (Å²) in [4.78, 5) is 11.0. The Labute approximate surface area is 77.8 Å². The summed E-state index contributed by atoms with van der Waals surface area (Å²) in [6.45, 7) is 3.34. The quantitative estimate of drug-likeness (QED) is 0.645. The van der Waals surface area contributed by atoms with Gasteiger partial charge in [-0.2, -0.15) is 5.26 Å². The maximum absolute atomic E-state index is 11.0. The van der Waals surface area contributed by atoms with Crippen molar-refractivity contribution >= 4 is 5.78 Å². The van der Waals surface area contributed by atoms with E-state index >= 15 is 0 Å². The Bertz CT molecular complexity index is 363. The van der Waals surface area contributed by atoms with Gasteiger partial charge in [-0.05, 0) is 25.5 Å². The Balaban J connectivity index is 3.07. The number of rotatable bonds is 2. The number of nitriles is 1. The van der Waals surface area contributed by atoms with Crippen molar-refractivity contribution in [2.75, 3.05) is 0 Å². The number of hydrogen-bond acceptors (Lipinski definition) is 2. The number of hydrogen-bond donors (Lipinski definition) is 0. The monoisotopic (exact) mass is 173 g/mol. The molecule has 0 aromatic heterocycles. The van der Waals surface area contributed by atoms with Crippen LogP contribution in [-0.4, -0.2) is 5.78 Å². The molecule has 1 aromatic carbocycles. The summed E-state index contributed by atoms with van der Waals surface area (Å²) < 4.78 is 0. The van der Waals surface area contributed by atoms with Crippen LogP contribution in [0.2, 0.25) is 0 Å². The highest BCUT2D eigenvalue weighted by Crippen LogP contribution is 2.15. The van der Waals surface area contributed by atoms with Crippen LogP contribution in [0, 0.1) is 11.3 Å². The molecule has 0 spiro atoms. The van der Waals surface area contributed by atoms with E-state index in [2.05, 4.69) is 6.07 Å². The maximum Gasteiger partial charge on any atom is 0.159 e. The molecule has 0 N–H and O–H groups in total. The fourth-order valence-electron chi connectivity index (χ4n) is 1.10. The molecule has 0 radical (unpaired) electrons. The van der Waals surface area contributed by atoms with E-state index in [-0.39, 0.29) is 11.7 Å². The van der Waals surface area contributed by atoms with Gasteiger partial charge < -0.3 is 0 Å². The topological polar surface area (TPSA) is 40.9 Å². The maximum atomic E-state index is 11.0. The Morgan fingerprint density at radius 3 is 2.77 bits per heavy atom. The third-order valence-corrected chi connectivity index (χ3v) is 1.99. The average molecular weight is 173 g/mol. The van der Waals surface area contributed by atoms with Crippen molar-refractivity contribution in [2.24, 2.45) is 0 Å². The minimum atomic E-state index is -0.153. The lowest BCUT2D eigenvalue weighted by Gasteiger charge is -2.03. The highest BCUT2D eigenvalue weighted by molar-refractivity contribution is 5.94. The molecule has 66 valence electrons. The van der Waals surface area contributed by atoms with E-state index in [1.54, 1.807) is 18.2 Å². The largest absolute Gasteiger partial charge is 0.295 e. The van der Waals surface area contributed by atoms with Gasteiger partial charge in [0.25, 0.3) is 0 Å². The van der Waals surface area contributed by atoms with Crippen LogP contribution in [0.15, 0.2) is 24.3 Å². The van der Waals surface area contributed by atoms with Crippen LogP contribution in [0.1, 0.15) is 35.7 Å². The molecular formula is C11H11NO. The van der Waals surface area contributed by atoms with Gasteiger partial charge in [-0.25, -0.2) is 0 Å². The first-order valence-electron chi connectivity index (χ1n) is 4.15. The van der Waals surface area contributed by atoms with E-state index in [4.69, 9.17) is 5.26 Å². The molecule has 0 heterocycles. The summed E-state index contributed by atoms with van der Waals surface area (Å²) in [6, 6.07) is 9.34. The van der Waals surface area contributed by atoms with Gasteiger partial charge in [-0.3, -0.25) is 4.79 Å². The summed E-state index contributed by atoms with van der Waals surface area (Å²) in [5.41, 5.74) is 1.56. The molecule has 0 amide bonds. The SMILES string of the molecule is CC(=O)c1cccc(C(C)C#N)c1. The molecule has 0 aliphatic rings. The van der Waals surface area contributed by atoms with Crippen LogP contribution in [0.4, 0.5) is 0 Å². The van der Waals surface area contributed by atoms with Gasteiger partial charge >= 0.3 is 0 Å². The van der Waals surface area contributed by atoms with Gasteiger partial charge in [0.2, 0.25) is 0 Å². The van der Waals surface area contributed by atoms with E-state index in [0.29, 0.717) is 5.56 Å². The van der Waals surface area contributed by atoms with Crippen molar-refractivity contribution in [3.05, 3.63) is 35.4 Å². The predicted molar refractivity (Wildman–Crippen MR) is 50.5 cm³/mol. The molecule has 1 aromatic rings. The van der Waals surface area contributed by atoms with Crippen molar-refractivity contribution < 1.29 is 4.79 Å². The van der Waals surface area contributed by atoms with E-state index in [0.717, 1.165) is 5.56 Å². The van der Waals surface area contributed by atoms with Crippen LogP contribution in [-0.2, 0) is 0 Å². The number of ketones is 1. The van der Waals surface area contributed by atoms with Gasteiger partial charge in [0.15, 0.2) is 5.78 Å². The lowest BCUT2D eigenvalue weighted by atomic mass is 9.99. The number of carbonyl (C=O) groups excluding carboxylic acids is 1. The number of carbonyl (C=O) groups is 1. The van der Waals surface area contributed by atoms with E-state index in [9.17, 15) is 4.79 Å². The predicted octanol–water partition coefficient (Wildman–Crippen LogP) is 2.52. The molecule has 1 rings (SSSR count). The smallest absolute Gasteiger partial charge is 0.159 e. The molecule has 0 bridgehead atoms. The zero-order chi connectivity index (χ0) is 9.84. The van der Waals surface area contributed by atoms with Crippen molar-refractivity contribution in [3.8, 4) is 6.07 Å². The summed E-state index contributed by atoms with van der Waals surface area (Å²) in [5.74, 6) is -0.119. The third-order valence-electron chi connectivity index (χ3n) is 1.99. The summed E-state index contributed by atoms with van der Waals surface area (Å²) >= 11 is 0. The fraction of sp³-hybridized carbons (Fsp3) is 0.273. The van der Waals surface area contributed by atoms with E-state index in [1.807, 2.05) is 13.0 Å². The summed E-state index contributed by atoms with van der Waals surface area (Å²) in [6.07, 6.45) is 0. The number of nitrogens with zero attached hydrogens (tertiary/aromatic N) is 1. The van der Waals surface area contributed by atoms with Gasteiger partial charge in [0.1, 0.15) is 0 Å². The van der Waals surface area contributed by atoms with Gasteiger partial charge in [0.05, 0.1) is 12.0 Å². The minimum Gasteiger partial charge on any atom is -0.295 e. The van der Waals surface area contributed by atoms with Crippen molar-refractivity contribution in [1.82, 2.24) is 0 Å². The zero-order valence-corrected chi connectivity index (χ0v) is 7.74. The Hall–Kier alpha value is -1.62. The molecule has 0 aliphatic heterocycles. The second kappa shape index (κ2) is 3.86. The standard InChI is InChI=1S/C11H11NO/c1-8(7-12)10-4-3-5-11(6-10)9(2)13/h3-6,8H,1-2H3. The highest BCUT2D eigenvalue weighted by atomic mass is 16.1. The van der Waals surface area contributed by atoms with Gasteiger partial charge in [-0.1, -0.05) is 18.2 Å². The van der Waals surface area contributed by atoms with Crippen molar-refractivity contribution in [3.63, 3.8) is 0 Å². The average Bonchev–Trinajstić information content (AvgIpc) is 2.17. The molecule has 0 fully saturated rings. The van der Waals surface area contributed by atoms with Crippen LogP contribution >= 0.6 is 0 Å². The molecule has 2 heteroatoms. The summed E-state index contributed by atoms with van der Waals surface area (Å²) in [7, 11) is 0. The normalized spacial score (nSPS) is 11.8. The fourth-order valence-corrected chi connectivity index (χ4v) is 1.10. The number of Topliss-reactive ketones (excluding diaryl/α,β-unsaturated/α-hetero) is 1. The Morgan fingerprint density at radius 1 is 1.54 bits per heavy atom. The van der Waals surface area contributed by atoms with Crippen molar-refractivity contribution in [1.29, 1.82) is 5.26 Å². The molecule has 1 unspecified atom stereocenters. The molecule has 2 nitrogen and oxygen atoms in total. The lowest BCUT2D eigenvalue weighted by Crippen LogP contribution is -1.95. The molecule has 0 saturated carbocycles.